The highest BCUT2D eigenvalue weighted by Gasteiger charge is 2.23. The summed E-state index contributed by atoms with van der Waals surface area (Å²) in [7, 11) is 0. The Balaban J connectivity index is 1.47. The Morgan fingerprint density at radius 1 is 1.05 bits per heavy atom. The van der Waals surface area contributed by atoms with Crippen LogP contribution in [0.5, 0.6) is 0 Å². The Kier molecular flexibility index (Phi) is 6.22. The van der Waals surface area contributed by atoms with Gasteiger partial charge in [0.2, 0.25) is 0 Å². The number of nitrogens with two attached hydrogens (primary N) is 1. The van der Waals surface area contributed by atoms with E-state index in [1.54, 1.807) is 29.2 Å². The summed E-state index contributed by atoms with van der Waals surface area (Å²) in [4.78, 5) is 36.1. The first kappa shape index (κ1) is 24.3. The van der Waals surface area contributed by atoms with Crippen LogP contribution in [0.4, 0.5) is 5.82 Å². The molecule has 0 saturated carbocycles. The number of hydrogen-bond acceptors (Lipinski definition) is 7. The summed E-state index contributed by atoms with van der Waals surface area (Å²) in [5, 5.41) is 11.3. The van der Waals surface area contributed by atoms with Crippen LogP contribution >= 0.6 is 11.3 Å². The first-order valence-electron chi connectivity index (χ1n) is 12.2. The van der Waals surface area contributed by atoms with Gasteiger partial charge in [-0.15, -0.1) is 16.4 Å². The average molecular weight is 534 g/mol. The molecule has 0 saturated heterocycles. The van der Waals surface area contributed by atoms with Gasteiger partial charge in [0, 0.05) is 35.4 Å². The topological polar surface area (TPSA) is 120 Å². The summed E-state index contributed by atoms with van der Waals surface area (Å²) in [6.45, 7) is 1.83. The molecule has 0 aliphatic heterocycles. The van der Waals surface area contributed by atoms with Crippen molar-refractivity contribution in [3.05, 3.63) is 117 Å². The number of amides is 1. The Morgan fingerprint density at radius 3 is 2.69 bits per heavy atom. The van der Waals surface area contributed by atoms with E-state index in [1.807, 2.05) is 79.1 Å². The number of para-hydroxylation sites is 1. The smallest absolute Gasteiger partial charge is 0.263 e. The van der Waals surface area contributed by atoms with Crippen LogP contribution in [0.15, 0.2) is 89.4 Å². The fraction of sp³-hybridized carbons (Fsp3) is 0.0690. The molecule has 4 heterocycles. The molecule has 6 rings (SSSR count). The number of nitrogen functional groups attached to an aromatic ring is 1. The Hall–Kier alpha value is -5.09. The second kappa shape index (κ2) is 9.99. The maximum absolute atomic E-state index is 14.1. The van der Waals surface area contributed by atoms with E-state index in [9.17, 15) is 9.59 Å². The SMILES string of the molecule is C[C@@H](NC(=O)c1c(N)nn2cccnc12)c1cc2cccc(/C=C/c3nccs3)c2c(=O)n1-c1ccccc1. The lowest BCUT2D eigenvalue weighted by molar-refractivity contribution is 0.0941. The molecular formula is C29H23N7O2S. The number of carbonyl (C=O) groups is 1. The number of hydrogen-bond donors (Lipinski definition) is 2. The van der Waals surface area contributed by atoms with E-state index in [0.29, 0.717) is 22.4 Å². The highest BCUT2D eigenvalue weighted by atomic mass is 32.1. The minimum Gasteiger partial charge on any atom is -0.381 e. The molecule has 3 N–H and O–H groups in total. The maximum atomic E-state index is 14.1. The molecule has 0 fully saturated rings. The number of thiazole rings is 1. The molecule has 6 aromatic rings. The summed E-state index contributed by atoms with van der Waals surface area (Å²) in [6.07, 6.45) is 8.80. The maximum Gasteiger partial charge on any atom is 0.263 e. The molecule has 1 atom stereocenters. The number of nitrogens with zero attached hydrogens (tertiary/aromatic N) is 5. The molecule has 1 amide bonds. The summed E-state index contributed by atoms with van der Waals surface area (Å²) < 4.78 is 3.11. The van der Waals surface area contributed by atoms with Crippen LogP contribution in [0.2, 0.25) is 0 Å². The predicted molar refractivity (Wildman–Crippen MR) is 154 cm³/mol. The van der Waals surface area contributed by atoms with Gasteiger partial charge in [0.05, 0.1) is 11.4 Å². The molecule has 0 aliphatic rings. The quantitative estimate of drug-likeness (QED) is 0.319. The van der Waals surface area contributed by atoms with Crippen molar-refractivity contribution in [3.63, 3.8) is 0 Å². The summed E-state index contributed by atoms with van der Waals surface area (Å²) in [5.41, 5.74) is 8.52. The Bertz CT molecular complexity index is 1910. The van der Waals surface area contributed by atoms with Gasteiger partial charge in [0.25, 0.3) is 11.5 Å². The van der Waals surface area contributed by atoms with Crippen molar-refractivity contribution in [1.29, 1.82) is 0 Å². The second-order valence-electron chi connectivity index (χ2n) is 8.90. The lowest BCUT2D eigenvalue weighted by Crippen LogP contribution is -2.32. The molecular weight excluding hydrogens is 510 g/mol. The lowest BCUT2D eigenvalue weighted by atomic mass is 10.0. The van der Waals surface area contributed by atoms with Gasteiger partial charge in [-0.05, 0) is 48.2 Å². The highest BCUT2D eigenvalue weighted by Crippen LogP contribution is 2.25. The van der Waals surface area contributed by atoms with Crippen LogP contribution in [-0.4, -0.2) is 30.1 Å². The number of rotatable bonds is 6. The Morgan fingerprint density at radius 2 is 1.90 bits per heavy atom. The monoisotopic (exact) mass is 533 g/mol. The zero-order valence-corrected chi connectivity index (χ0v) is 21.7. The number of carbonyl (C=O) groups excluding carboxylic acids is 1. The van der Waals surface area contributed by atoms with E-state index < -0.39 is 11.9 Å². The van der Waals surface area contributed by atoms with E-state index >= 15 is 0 Å². The van der Waals surface area contributed by atoms with Crippen molar-refractivity contribution in [2.45, 2.75) is 13.0 Å². The van der Waals surface area contributed by atoms with Gasteiger partial charge in [-0.1, -0.05) is 42.5 Å². The van der Waals surface area contributed by atoms with Crippen LogP contribution in [0.25, 0.3) is 34.3 Å². The van der Waals surface area contributed by atoms with E-state index in [2.05, 4.69) is 20.4 Å². The largest absolute Gasteiger partial charge is 0.381 e. The third-order valence-electron chi connectivity index (χ3n) is 6.42. The minimum atomic E-state index is -0.553. The number of pyridine rings is 1. The standard InChI is InChI=1S/C29H23N7O2S/c1-18(33-28(37)25-26(30)34-35-15-6-13-32-27(25)35)22-17-20-8-5-7-19(11-12-23-31-14-16-39-23)24(20)29(38)36(22)21-9-3-2-4-10-21/h2-18H,1H3,(H2,30,34)(H,33,37)/b12-11+/t18-/m1/s1. The number of nitrogens with one attached hydrogen (secondary N) is 1. The normalized spacial score (nSPS) is 12.3. The van der Waals surface area contributed by atoms with E-state index in [-0.39, 0.29) is 16.9 Å². The fourth-order valence-electron chi connectivity index (χ4n) is 4.65. The van der Waals surface area contributed by atoms with Gasteiger partial charge in [0.1, 0.15) is 10.6 Å². The Labute approximate surface area is 226 Å². The van der Waals surface area contributed by atoms with Crippen molar-refractivity contribution in [2.24, 2.45) is 0 Å². The molecule has 192 valence electrons. The molecule has 0 aliphatic carbocycles. The van der Waals surface area contributed by atoms with E-state index in [0.717, 1.165) is 16.0 Å². The highest BCUT2D eigenvalue weighted by molar-refractivity contribution is 7.10. The van der Waals surface area contributed by atoms with Gasteiger partial charge in [-0.3, -0.25) is 14.2 Å². The van der Waals surface area contributed by atoms with Gasteiger partial charge in [-0.2, -0.15) is 0 Å². The van der Waals surface area contributed by atoms with Crippen LogP contribution < -0.4 is 16.6 Å². The molecule has 39 heavy (non-hydrogen) atoms. The van der Waals surface area contributed by atoms with Crippen LogP contribution in [0.3, 0.4) is 0 Å². The van der Waals surface area contributed by atoms with Gasteiger partial charge >= 0.3 is 0 Å². The zero-order chi connectivity index (χ0) is 26.9. The van der Waals surface area contributed by atoms with Crippen molar-refractivity contribution >= 4 is 51.6 Å². The van der Waals surface area contributed by atoms with Gasteiger partial charge in [0.15, 0.2) is 11.5 Å². The second-order valence-corrected chi connectivity index (χ2v) is 9.83. The zero-order valence-electron chi connectivity index (χ0n) is 20.9. The van der Waals surface area contributed by atoms with E-state index in [1.165, 1.54) is 15.9 Å². The van der Waals surface area contributed by atoms with Gasteiger partial charge in [-0.25, -0.2) is 14.5 Å². The fourth-order valence-corrected chi connectivity index (χ4v) is 5.18. The number of fused-ring (bicyclic) bond motifs is 2. The van der Waals surface area contributed by atoms with Crippen molar-refractivity contribution < 1.29 is 4.79 Å². The first-order chi connectivity index (χ1) is 19.0. The predicted octanol–water partition coefficient (Wildman–Crippen LogP) is 4.73. The van der Waals surface area contributed by atoms with Crippen molar-refractivity contribution in [3.8, 4) is 5.69 Å². The third kappa shape index (κ3) is 4.47. The average Bonchev–Trinajstić information content (AvgIpc) is 3.59. The van der Waals surface area contributed by atoms with Crippen LogP contribution in [-0.2, 0) is 0 Å². The summed E-state index contributed by atoms with van der Waals surface area (Å²) >= 11 is 1.52. The number of benzene rings is 2. The number of anilines is 1. The molecule has 9 nitrogen and oxygen atoms in total. The first-order valence-corrected chi connectivity index (χ1v) is 13.1. The van der Waals surface area contributed by atoms with Gasteiger partial charge < -0.3 is 11.1 Å². The molecule has 2 aromatic carbocycles. The molecule has 0 unspecified atom stereocenters. The van der Waals surface area contributed by atoms with Crippen LogP contribution in [0.1, 0.15) is 39.6 Å². The molecule has 0 radical (unpaired) electrons. The van der Waals surface area contributed by atoms with Crippen molar-refractivity contribution in [2.75, 3.05) is 5.73 Å². The van der Waals surface area contributed by atoms with Crippen molar-refractivity contribution in [1.82, 2.24) is 29.5 Å². The molecule has 0 bridgehead atoms. The third-order valence-corrected chi connectivity index (χ3v) is 7.16. The van der Waals surface area contributed by atoms with E-state index in [4.69, 9.17) is 5.73 Å². The number of aromatic nitrogens is 5. The molecule has 0 spiro atoms. The lowest BCUT2D eigenvalue weighted by Gasteiger charge is -2.21. The molecule has 10 heteroatoms. The summed E-state index contributed by atoms with van der Waals surface area (Å²) in [6, 6.07) is 18.2. The molecule has 4 aromatic heterocycles. The summed E-state index contributed by atoms with van der Waals surface area (Å²) in [5.74, 6) is -0.352. The van der Waals surface area contributed by atoms with Crippen LogP contribution in [0, 0.1) is 0 Å². The minimum absolute atomic E-state index is 0.0778.